The fourth-order valence-electron chi connectivity index (χ4n) is 1.59. The number of ether oxygens (including phenoxy) is 1. The van der Waals surface area contributed by atoms with E-state index in [1.54, 1.807) is 7.11 Å². The van der Waals surface area contributed by atoms with Crippen molar-refractivity contribution in [3.63, 3.8) is 0 Å². The topological polar surface area (TPSA) is 32.7 Å². The van der Waals surface area contributed by atoms with Crippen LogP contribution in [-0.2, 0) is 11.3 Å². The summed E-state index contributed by atoms with van der Waals surface area (Å²) in [7, 11) is 1.58. The van der Waals surface area contributed by atoms with Gasteiger partial charge in [-0.3, -0.25) is 4.90 Å². The molecule has 1 N–H and O–H groups in total. The molecule has 0 amide bonds. The molecule has 0 bridgehead atoms. The Labute approximate surface area is 99.6 Å². The van der Waals surface area contributed by atoms with Crippen LogP contribution >= 0.6 is 0 Å². The molecule has 1 rings (SSSR count). The van der Waals surface area contributed by atoms with Crippen molar-refractivity contribution in [3.8, 4) is 0 Å². The summed E-state index contributed by atoms with van der Waals surface area (Å²) in [4.78, 5) is 1.87. The first kappa shape index (κ1) is 14.0. The van der Waals surface area contributed by atoms with Crippen LogP contribution in [0.25, 0.3) is 0 Å². The van der Waals surface area contributed by atoms with Crippen LogP contribution in [0, 0.1) is 11.6 Å². The zero-order chi connectivity index (χ0) is 12.7. The molecule has 3 nitrogen and oxygen atoms in total. The Kier molecular flexibility index (Phi) is 6.04. The van der Waals surface area contributed by atoms with E-state index in [4.69, 9.17) is 9.84 Å². The molecule has 0 radical (unpaired) electrons. The van der Waals surface area contributed by atoms with Gasteiger partial charge in [-0.25, -0.2) is 8.78 Å². The number of hydrogen-bond acceptors (Lipinski definition) is 3. The first-order chi connectivity index (χ1) is 8.15. The van der Waals surface area contributed by atoms with Crippen LogP contribution in [0.5, 0.6) is 0 Å². The number of methoxy groups -OCH3 is 1. The molecule has 0 atom stereocenters. The number of benzene rings is 1. The maximum Gasteiger partial charge on any atom is 0.126 e. The highest BCUT2D eigenvalue weighted by molar-refractivity contribution is 5.17. The lowest BCUT2D eigenvalue weighted by molar-refractivity contribution is 0.127. The van der Waals surface area contributed by atoms with Gasteiger partial charge in [0.25, 0.3) is 0 Å². The Morgan fingerprint density at radius 2 is 1.82 bits per heavy atom. The van der Waals surface area contributed by atoms with Crippen molar-refractivity contribution in [2.45, 2.75) is 6.54 Å². The van der Waals surface area contributed by atoms with E-state index in [9.17, 15) is 8.78 Å². The van der Waals surface area contributed by atoms with Gasteiger partial charge in [-0.05, 0) is 17.7 Å². The second kappa shape index (κ2) is 7.32. The van der Waals surface area contributed by atoms with Gasteiger partial charge in [-0.2, -0.15) is 0 Å². The maximum atomic E-state index is 13.0. The van der Waals surface area contributed by atoms with Gasteiger partial charge in [-0.15, -0.1) is 0 Å². The lowest BCUT2D eigenvalue weighted by atomic mass is 10.2. The SMILES string of the molecule is COCCN(CCO)Cc1cc(F)cc(F)c1. The second-order valence-corrected chi connectivity index (χ2v) is 3.77. The van der Waals surface area contributed by atoms with Crippen LogP contribution in [0.15, 0.2) is 18.2 Å². The molecular formula is C12H17F2NO2. The van der Waals surface area contributed by atoms with E-state index in [0.717, 1.165) is 6.07 Å². The van der Waals surface area contributed by atoms with E-state index in [2.05, 4.69) is 0 Å². The molecular weight excluding hydrogens is 228 g/mol. The molecule has 0 fully saturated rings. The minimum Gasteiger partial charge on any atom is -0.395 e. The Morgan fingerprint density at radius 3 is 2.35 bits per heavy atom. The Balaban J connectivity index is 2.63. The number of rotatable bonds is 7. The van der Waals surface area contributed by atoms with Crippen molar-refractivity contribution in [3.05, 3.63) is 35.4 Å². The summed E-state index contributed by atoms with van der Waals surface area (Å²) in [6.45, 7) is 1.95. The smallest absolute Gasteiger partial charge is 0.126 e. The van der Waals surface area contributed by atoms with Crippen molar-refractivity contribution in [2.24, 2.45) is 0 Å². The standard InChI is InChI=1S/C12H17F2NO2/c1-17-5-3-15(2-4-16)9-10-6-11(13)8-12(14)7-10/h6-8,16H,2-5,9H2,1H3. The van der Waals surface area contributed by atoms with Crippen LogP contribution in [0.4, 0.5) is 8.78 Å². The van der Waals surface area contributed by atoms with Gasteiger partial charge in [0.05, 0.1) is 13.2 Å². The van der Waals surface area contributed by atoms with Crippen LogP contribution in [0.2, 0.25) is 0 Å². The summed E-state index contributed by atoms with van der Waals surface area (Å²) in [5, 5.41) is 8.89. The quantitative estimate of drug-likeness (QED) is 0.788. The van der Waals surface area contributed by atoms with Crippen LogP contribution in [-0.4, -0.2) is 43.4 Å². The molecule has 0 saturated heterocycles. The molecule has 0 aliphatic heterocycles. The predicted molar refractivity (Wildman–Crippen MR) is 60.6 cm³/mol. The van der Waals surface area contributed by atoms with Gasteiger partial charge in [0.15, 0.2) is 0 Å². The summed E-state index contributed by atoms with van der Waals surface area (Å²) >= 11 is 0. The fraction of sp³-hybridized carbons (Fsp3) is 0.500. The zero-order valence-electron chi connectivity index (χ0n) is 9.83. The lowest BCUT2D eigenvalue weighted by Crippen LogP contribution is -2.29. The van der Waals surface area contributed by atoms with E-state index < -0.39 is 11.6 Å². The third kappa shape index (κ3) is 5.21. The maximum absolute atomic E-state index is 13.0. The number of aliphatic hydroxyl groups excluding tert-OH is 1. The van der Waals surface area contributed by atoms with Gasteiger partial charge in [0.2, 0.25) is 0 Å². The van der Waals surface area contributed by atoms with E-state index in [1.165, 1.54) is 12.1 Å². The molecule has 0 spiro atoms. The highest BCUT2D eigenvalue weighted by Gasteiger charge is 2.07. The van der Waals surface area contributed by atoms with Crippen molar-refractivity contribution < 1.29 is 18.6 Å². The Morgan fingerprint density at radius 1 is 1.18 bits per heavy atom. The minimum atomic E-state index is -0.587. The average Bonchev–Trinajstić information content (AvgIpc) is 2.24. The monoisotopic (exact) mass is 245 g/mol. The molecule has 0 aliphatic carbocycles. The third-order valence-electron chi connectivity index (χ3n) is 2.36. The second-order valence-electron chi connectivity index (χ2n) is 3.77. The lowest BCUT2D eigenvalue weighted by Gasteiger charge is -2.20. The molecule has 96 valence electrons. The van der Waals surface area contributed by atoms with E-state index in [1.807, 2.05) is 4.90 Å². The largest absolute Gasteiger partial charge is 0.395 e. The van der Waals surface area contributed by atoms with E-state index >= 15 is 0 Å². The fourth-order valence-corrected chi connectivity index (χ4v) is 1.59. The number of halogens is 2. The van der Waals surface area contributed by atoms with Gasteiger partial charge in [-0.1, -0.05) is 0 Å². The predicted octanol–water partition coefficient (Wildman–Crippen LogP) is 1.41. The van der Waals surface area contributed by atoms with Crippen molar-refractivity contribution >= 4 is 0 Å². The number of aliphatic hydroxyl groups is 1. The Bertz CT molecular complexity index is 327. The highest BCUT2D eigenvalue weighted by atomic mass is 19.1. The highest BCUT2D eigenvalue weighted by Crippen LogP contribution is 2.10. The zero-order valence-corrected chi connectivity index (χ0v) is 9.83. The van der Waals surface area contributed by atoms with Crippen molar-refractivity contribution in [1.82, 2.24) is 4.90 Å². The summed E-state index contributed by atoms with van der Waals surface area (Å²) < 4.78 is 30.9. The normalized spacial score (nSPS) is 11.1. The molecule has 1 aromatic carbocycles. The van der Waals surface area contributed by atoms with Crippen molar-refractivity contribution in [1.29, 1.82) is 0 Å². The minimum absolute atomic E-state index is 0.00150. The van der Waals surface area contributed by atoms with Gasteiger partial charge < -0.3 is 9.84 Å². The van der Waals surface area contributed by atoms with Gasteiger partial charge in [0, 0.05) is 32.8 Å². The van der Waals surface area contributed by atoms with E-state index in [0.29, 0.717) is 31.8 Å². The first-order valence-corrected chi connectivity index (χ1v) is 5.43. The summed E-state index contributed by atoms with van der Waals surface area (Å²) in [5.41, 5.74) is 0.548. The summed E-state index contributed by atoms with van der Waals surface area (Å²) in [6.07, 6.45) is 0. The molecule has 0 aromatic heterocycles. The summed E-state index contributed by atoms with van der Waals surface area (Å²) in [6, 6.07) is 3.43. The molecule has 17 heavy (non-hydrogen) atoms. The van der Waals surface area contributed by atoms with Crippen LogP contribution < -0.4 is 0 Å². The van der Waals surface area contributed by atoms with Crippen molar-refractivity contribution in [2.75, 3.05) is 33.4 Å². The first-order valence-electron chi connectivity index (χ1n) is 5.43. The van der Waals surface area contributed by atoms with Gasteiger partial charge >= 0.3 is 0 Å². The Hall–Kier alpha value is -1.04. The molecule has 1 aromatic rings. The summed E-state index contributed by atoms with van der Waals surface area (Å²) in [5.74, 6) is -1.17. The van der Waals surface area contributed by atoms with Crippen LogP contribution in [0.3, 0.4) is 0 Å². The number of hydrogen-bond donors (Lipinski definition) is 1. The molecule has 0 unspecified atom stereocenters. The van der Waals surface area contributed by atoms with Gasteiger partial charge in [0.1, 0.15) is 11.6 Å². The number of nitrogens with zero attached hydrogens (tertiary/aromatic N) is 1. The molecule has 0 aliphatic rings. The average molecular weight is 245 g/mol. The van der Waals surface area contributed by atoms with E-state index in [-0.39, 0.29) is 6.61 Å². The van der Waals surface area contributed by atoms with Crippen LogP contribution in [0.1, 0.15) is 5.56 Å². The molecule has 0 heterocycles. The molecule has 0 saturated carbocycles. The third-order valence-corrected chi connectivity index (χ3v) is 2.36. The molecule has 5 heteroatoms.